The number of anilines is 1. The number of nitrogens with one attached hydrogen (secondary N) is 1. The molecule has 6 heteroatoms. The second-order valence-electron chi connectivity index (χ2n) is 4.44. The highest BCUT2D eigenvalue weighted by Crippen LogP contribution is 2.28. The first-order valence-corrected chi connectivity index (χ1v) is 6.03. The quantitative estimate of drug-likeness (QED) is 0.758. The van der Waals surface area contributed by atoms with Gasteiger partial charge in [0.15, 0.2) is 5.75 Å². The molecule has 0 aliphatic heterocycles. The number of carbonyl (C=O) groups excluding carboxylic acids is 1. The molecule has 2 aromatic rings. The maximum atomic E-state index is 13.7. The third-order valence-corrected chi connectivity index (χ3v) is 2.88. The molecule has 0 saturated carbocycles. The Morgan fingerprint density at radius 1 is 1.14 bits per heavy atom. The Morgan fingerprint density at radius 2 is 1.86 bits per heavy atom. The van der Waals surface area contributed by atoms with Crippen LogP contribution in [0.4, 0.5) is 10.1 Å². The number of hydrogen-bond donors (Lipinski definition) is 3. The number of halogens is 1. The molecule has 0 atom stereocenters. The number of carboxylic acid groups (broad SMARTS) is 1. The van der Waals surface area contributed by atoms with Crippen LogP contribution in [0.5, 0.6) is 5.75 Å². The Hall–Kier alpha value is -2.89. The molecule has 3 N–H and O–H groups in total. The van der Waals surface area contributed by atoms with Crippen molar-refractivity contribution in [2.45, 2.75) is 6.92 Å². The van der Waals surface area contributed by atoms with Gasteiger partial charge in [0.2, 0.25) is 0 Å². The fourth-order valence-corrected chi connectivity index (χ4v) is 1.81. The lowest BCUT2D eigenvalue weighted by Gasteiger charge is -2.09. The minimum absolute atomic E-state index is 0.0973. The van der Waals surface area contributed by atoms with Gasteiger partial charge < -0.3 is 15.5 Å². The topological polar surface area (TPSA) is 86.6 Å². The first kappa shape index (κ1) is 14.5. The van der Waals surface area contributed by atoms with Gasteiger partial charge in [0.25, 0.3) is 5.91 Å². The molecule has 1 amide bonds. The van der Waals surface area contributed by atoms with Gasteiger partial charge in [0, 0.05) is 0 Å². The summed E-state index contributed by atoms with van der Waals surface area (Å²) in [4.78, 5) is 22.9. The van der Waals surface area contributed by atoms with E-state index in [-0.39, 0.29) is 16.8 Å². The van der Waals surface area contributed by atoms with Crippen molar-refractivity contribution in [3.63, 3.8) is 0 Å². The summed E-state index contributed by atoms with van der Waals surface area (Å²) in [6.07, 6.45) is 0. The van der Waals surface area contributed by atoms with Gasteiger partial charge in [-0.2, -0.15) is 0 Å². The molecule has 0 radical (unpaired) electrons. The van der Waals surface area contributed by atoms with Gasteiger partial charge in [-0.05, 0) is 36.8 Å². The smallest absolute Gasteiger partial charge is 0.339 e. The van der Waals surface area contributed by atoms with E-state index in [1.807, 2.05) is 0 Å². The molecule has 21 heavy (non-hydrogen) atoms. The number of para-hydroxylation sites is 1. The van der Waals surface area contributed by atoms with Gasteiger partial charge in [-0.15, -0.1) is 0 Å². The predicted molar refractivity (Wildman–Crippen MR) is 74.2 cm³/mol. The van der Waals surface area contributed by atoms with Crippen molar-refractivity contribution in [1.29, 1.82) is 0 Å². The summed E-state index contributed by atoms with van der Waals surface area (Å²) in [5.41, 5.74) is 0.0255. The van der Waals surface area contributed by atoms with Crippen molar-refractivity contribution < 1.29 is 24.2 Å². The number of hydrogen-bond acceptors (Lipinski definition) is 3. The first-order valence-electron chi connectivity index (χ1n) is 6.03. The van der Waals surface area contributed by atoms with E-state index >= 15 is 0 Å². The van der Waals surface area contributed by atoms with E-state index in [1.54, 1.807) is 13.0 Å². The molecule has 0 aliphatic carbocycles. The number of phenols is 1. The lowest BCUT2D eigenvalue weighted by atomic mass is 10.1. The van der Waals surface area contributed by atoms with Gasteiger partial charge in [-0.25, -0.2) is 9.18 Å². The summed E-state index contributed by atoms with van der Waals surface area (Å²) < 4.78 is 13.7. The van der Waals surface area contributed by atoms with Crippen LogP contribution in [-0.2, 0) is 0 Å². The van der Waals surface area contributed by atoms with Crippen LogP contribution in [0.3, 0.4) is 0 Å². The van der Waals surface area contributed by atoms with Gasteiger partial charge >= 0.3 is 5.97 Å². The molecule has 2 rings (SSSR count). The summed E-state index contributed by atoms with van der Waals surface area (Å²) in [5.74, 6) is -3.37. The maximum absolute atomic E-state index is 13.7. The second kappa shape index (κ2) is 5.62. The number of amides is 1. The normalized spacial score (nSPS) is 10.2. The van der Waals surface area contributed by atoms with Crippen LogP contribution in [0.2, 0.25) is 0 Å². The second-order valence-corrected chi connectivity index (χ2v) is 4.44. The van der Waals surface area contributed by atoms with Crippen molar-refractivity contribution in [3.05, 3.63) is 58.9 Å². The molecule has 108 valence electrons. The number of aryl methyl sites for hydroxylation is 1. The lowest BCUT2D eigenvalue weighted by Crippen LogP contribution is -2.14. The van der Waals surface area contributed by atoms with E-state index < -0.39 is 23.4 Å². The highest BCUT2D eigenvalue weighted by atomic mass is 19.1. The maximum Gasteiger partial charge on any atom is 0.339 e. The Labute approximate surface area is 119 Å². The van der Waals surface area contributed by atoms with Crippen molar-refractivity contribution in [1.82, 2.24) is 0 Å². The Kier molecular flexibility index (Phi) is 3.89. The molecule has 0 unspecified atom stereocenters. The summed E-state index contributed by atoms with van der Waals surface area (Å²) in [7, 11) is 0. The number of aromatic hydroxyl groups is 1. The monoisotopic (exact) mass is 289 g/mol. The van der Waals surface area contributed by atoms with Gasteiger partial charge in [-0.1, -0.05) is 12.1 Å². The fraction of sp³-hybridized carbons (Fsp3) is 0.0667. The molecule has 0 spiro atoms. The fourth-order valence-electron chi connectivity index (χ4n) is 1.81. The van der Waals surface area contributed by atoms with Crippen LogP contribution in [0.1, 0.15) is 26.3 Å². The zero-order chi connectivity index (χ0) is 15.6. The summed E-state index contributed by atoms with van der Waals surface area (Å²) in [6, 6.07) is 7.99. The average Bonchev–Trinajstić information content (AvgIpc) is 2.40. The van der Waals surface area contributed by atoms with E-state index in [9.17, 15) is 19.1 Å². The molecule has 5 nitrogen and oxygen atoms in total. The number of aromatic carboxylic acids is 1. The van der Waals surface area contributed by atoms with E-state index in [4.69, 9.17) is 5.11 Å². The number of carboxylic acids is 1. The molecule has 0 heterocycles. The van der Waals surface area contributed by atoms with E-state index in [1.165, 1.54) is 30.3 Å². The van der Waals surface area contributed by atoms with Crippen LogP contribution in [0.25, 0.3) is 0 Å². The van der Waals surface area contributed by atoms with Crippen molar-refractivity contribution in [2.75, 3.05) is 5.32 Å². The van der Waals surface area contributed by atoms with E-state index in [2.05, 4.69) is 5.32 Å². The van der Waals surface area contributed by atoms with Crippen LogP contribution in [-0.4, -0.2) is 22.1 Å². The first-order chi connectivity index (χ1) is 9.90. The van der Waals surface area contributed by atoms with Gasteiger partial charge in [0.05, 0.1) is 11.3 Å². The minimum Gasteiger partial charge on any atom is -0.505 e. The van der Waals surface area contributed by atoms with Crippen LogP contribution in [0.15, 0.2) is 36.4 Å². The van der Waals surface area contributed by atoms with E-state index in [0.29, 0.717) is 5.56 Å². The van der Waals surface area contributed by atoms with Gasteiger partial charge in [0.1, 0.15) is 11.4 Å². The highest BCUT2D eigenvalue weighted by Gasteiger charge is 2.17. The number of benzene rings is 2. The van der Waals surface area contributed by atoms with Crippen molar-refractivity contribution in [2.24, 2.45) is 0 Å². The summed E-state index contributed by atoms with van der Waals surface area (Å²) in [5, 5.41) is 21.0. The van der Waals surface area contributed by atoms with E-state index in [0.717, 1.165) is 0 Å². The predicted octanol–water partition coefficient (Wildman–Crippen LogP) is 2.79. The zero-order valence-electron chi connectivity index (χ0n) is 11.1. The lowest BCUT2D eigenvalue weighted by molar-refractivity contribution is 0.0693. The number of rotatable bonds is 3. The Morgan fingerprint density at radius 3 is 2.48 bits per heavy atom. The van der Waals surface area contributed by atoms with Gasteiger partial charge in [-0.3, -0.25) is 4.79 Å². The molecule has 0 aliphatic rings. The van der Waals surface area contributed by atoms with Crippen LogP contribution in [0, 0.1) is 12.7 Å². The standard InChI is InChI=1S/C15H12FNO4/c1-8-5-6-9(11(16)7-8)14(19)17-12-4-2-3-10(13(12)18)15(20)21/h2-7,18H,1H3,(H,17,19)(H,20,21). The third kappa shape index (κ3) is 3.00. The molecule has 0 aromatic heterocycles. The molecule has 0 fully saturated rings. The number of carbonyl (C=O) groups is 2. The third-order valence-electron chi connectivity index (χ3n) is 2.88. The molecular weight excluding hydrogens is 277 g/mol. The molecule has 2 aromatic carbocycles. The Bertz CT molecular complexity index is 728. The summed E-state index contributed by atoms with van der Waals surface area (Å²) >= 11 is 0. The largest absolute Gasteiger partial charge is 0.505 e. The van der Waals surface area contributed by atoms with Crippen molar-refractivity contribution in [3.8, 4) is 5.75 Å². The SMILES string of the molecule is Cc1ccc(C(=O)Nc2cccc(C(=O)O)c2O)c(F)c1. The molecule has 0 bridgehead atoms. The minimum atomic E-state index is -1.33. The van der Waals surface area contributed by atoms with Crippen LogP contribution < -0.4 is 5.32 Å². The molecular formula is C15H12FNO4. The zero-order valence-corrected chi connectivity index (χ0v) is 11.1. The van der Waals surface area contributed by atoms with Crippen molar-refractivity contribution >= 4 is 17.6 Å². The molecule has 0 saturated heterocycles. The average molecular weight is 289 g/mol. The highest BCUT2D eigenvalue weighted by molar-refractivity contribution is 6.06. The Balaban J connectivity index is 2.32. The summed E-state index contributed by atoms with van der Waals surface area (Å²) in [6.45, 7) is 1.69. The van der Waals surface area contributed by atoms with Crippen LogP contribution >= 0.6 is 0 Å².